The number of nitrogens with one attached hydrogen (secondary N) is 1. The van der Waals surface area contributed by atoms with E-state index in [4.69, 9.17) is 4.74 Å². The molecule has 9 heteroatoms. The fraction of sp³-hybridized carbons (Fsp3) is 0.280. The van der Waals surface area contributed by atoms with E-state index >= 15 is 0 Å². The third kappa shape index (κ3) is 5.22. The van der Waals surface area contributed by atoms with Crippen LogP contribution < -0.4 is 5.32 Å². The number of piperidine rings is 1. The molecule has 0 bridgehead atoms. The maximum Gasteiger partial charge on any atom is 0.350 e. The summed E-state index contributed by atoms with van der Waals surface area (Å²) in [6.07, 6.45) is 2.68. The molecule has 0 saturated carbocycles. The molecule has 1 aliphatic heterocycles. The average Bonchev–Trinajstić information content (AvgIpc) is 3.29. The predicted molar refractivity (Wildman–Crippen MR) is 133 cm³/mol. The van der Waals surface area contributed by atoms with Crippen LogP contribution in [-0.2, 0) is 14.8 Å². The van der Waals surface area contributed by atoms with Crippen LogP contribution in [0.5, 0.6) is 0 Å². The highest BCUT2D eigenvalue weighted by atomic mass is 32.2. The second-order valence-corrected chi connectivity index (χ2v) is 10.9. The van der Waals surface area contributed by atoms with Gasteiger partial charge in [-0.25, -0.2) is 13.2 Å². The Hall–Kier alpha value is -3.01. The van der Waals surface area contributed by atoms with Gasteiger partial charge in [-0.2, -0.15) is 4.31 Å². The zero-order valence-corrected chi connectivity index (χ0v) is 20.5. The highest BCUT2D eigenvalue weighted by Gasteiger charge is 2.27. The van der Waals surface area contributed by atoms with Gasteiger partial charge in [-0.3, -0.25) is 4.79 Å². The van der Waals surface area contributed by atoms with E-state index in [0.29, 0.717) is 18.8 Å². The van der Waals surface area contributed by atoms with Crippen LogP contribution in [0.25, 0.3) is 10.4 Å². The SMILES string of the molecule is CCOC(=O)c1sc(-c2ccccc2)cc1NC(=O)c1cccc(S(=O)(=O)N2CCCCC2)c1. The smallest absolute Gasteiger partial charge is 0.350 e. The Morgan fingerprint density at radius 1 is 1.00 bits per heavy atom. The van der Waals surface area contributed by atoms with Gasteiger partial charge < -0.3 is 10.1 Å². The quantitative estimate of drug-likeness (QED) is 0.462. The van der Waals surface area contributed by atoms with Gasteiger partial charge in [0.15, 0.2) is 0 Å². The summed E-state index contributed by atoms with van der Waals surface area (Å²) < 4.78 is 32.7. The van der Waals surface area contributed by atoms with E-state index in [9.17, 15) is 18.0 Å². The number of carbonyl (C=O) groups excluding carboxylic acids is 2. The van der Waals surface area contributed by atoms with Crippen molar-refractivity contribution in [3.05, 3.63) is 71.1 Å². The van der Waals surface area contributed by atoms with E-state index in [1.807, 2.05) is 30.3 Å². The lowest BCUT2D eigenvalue weighted by molar-refractivity contribution is 0.0533. The third-order valence-electron chi connectivity index (χ3n) is 5.55. The van der Waals surface area contributed by atoms with Gasteiger partial charge in [0.05, 0.1) is 17.2 Å². The van der Waals surface area contributed by atoms with Gasteiger partial charge in [0, 0.05) is 23.5 Å². The normalized spacial score (nSPS) is 14.5. The van der Waals surface area contributed by atoms with Crippen LogP contribution in [0.2, 0.25) is 0 Å². The number of sulfonamides is 1. The molecule has 7 nitrogen and oxygen atoms in total. The standard InChI is InChI=1S/C25H26N2O5S2/c1-2-32-25(29)23-21(17-22(33-23)18-10-5-3-6-11-18)26-24(28)19-12-9-13-20(16-19)34(30,31)27-14-7-4-8-15-27/h3,5-6,9-13,16-17H,2,4,7-8,14-15H2,1H3,(H,26,28). The van der Waals surface area contributed by atoms with Crippen LogP contribution in [0.15, 0.2) is 65.6 Å². The highest BCUT2D eigenvalue weighted by molar-refractivity contribution is 7.89. The number of nitrogens with zero attached hydrogens (tertiary/aromatic N) is 1. The Bertz CT molecular complexity index is 1280. The third-order valence-corrected chi connectivity index (χ3v) is 8.61. The zero-order valence-electron chi connectivity index (χ0n) is 18.8. The molecule has 4 rings (SSSR count). The van der Waals surface area contributed by atoms with E-state index in [1.165, 1.54) is 27.8 Å². The van der Waals surface area contributed by atoms with Gasteiger partial charge in [0.25, 0.3) is 5.91 Å². The molecular weight excluding hydrogens is 472 g/mol. The number of ether oxygens (including phenoxy) is 1. The van der Waals surface area contributed by atoms with Gasteiger partial charge in [-0.1, -0.05) is 42.8 Å². The lowest BCUT2D eigenvalue weighted by Crippen LogP contribution is -2.35. The van der Waals surface area contributed by atoms with E-state index < -0.39 is 21.9 Å². The summed E-state index contributed by atoms with van der Waals surface area (Å²) in [5, 5.41) is 2.78. The van der Waals surface area contributed by atoms with Crippen molar-refractivity contribution in [3.8, 4) is 10.4 Å². The number of benzene rings is 2. The molecule has 2 aromatic carbocycles. The molecule has 1 N–H and O–H groups in total. The van der Waals surface area contributed by atoms with Crippen LogP contribution in [-0.4, -0.2) is 44.3 Å². The summed E-state index contributed by atoms with van der Waals surface area (Å²) >= 11 is 1.23. The minimum atomic E-state index is -3.67. The Morgan fingerprint density at radius 2 is 1.74 bits per heavy atom. The second kappa shape index (κ2) is 10.5. The Morgan fingerprint density at radius 3 is 2.44 bits per heavy atom. The van der Waals surface area contributed by atoms with E-state index in [1.54, 1.807) is 25.1 Å². The highest BCUT2D eigenvalue weighted by Crippen LogP contribution is 2.35. The number of esters is 1. The van der Waals surface area contributed by atoms with E-state index in [2.05, 4.69) is 5.32 Å². The molecule has 3 aromatic rings. The number of hydrogen-bond donors (Lipinski definition) is 1. The summed E-state index contributed by atoms with van der Waals surface area (Å²) in [4.78, 5) is 26.8. The summed E-state index contributed by atoms with van der Waals surface area (Å²) in [6.45, 7) is 2.90. The molecule has 0 unspecified atom stereocenters. The number of anilines is 1. The van der Waals surface area contributed by atoms with Crippen LogP contribution in [0, 0.1) is 0 Å². The lowest BCUT2D eigenvalue weighted by Gasteiger charge is -2.26. The zero-order chi connectivity index (χ0) is 24.1. The maximum atomic E-state index is 13.1. The number of thiophene rings is 1. The molecule has 1 fully saturated rings. The lowest BCUT2D eigenvalue weighted by atomic mass is 10.2. The number of rotatable bonds is 7. The van der Waals surface area contributed by atoms with Crippen molar-refractivity contribution in [3.63, 3.8) is 0 Å². The first-order chi connectivity index (χ1) is 16.4. The Labute approximate surface area is 203 Å². The minimum absolute atomic E-state index is 0.0861. The second-order valence-electron chi connectivity index (χ2n) is 7.89. The predicted octanol–water partition coefficient (Wildman–Crippen LogP) is 5.02. The van der Waals surface area contributed by atoms with Gasteiger partial charge >= 0.3 is 5.97 Å². The first kappa shape index (κ1) is 24.1. The van der Waals surface area contributed by atoms with E-state index in [0.717, 1.165) is 29.7 Å². The molecule has 2 heterocycles. The van der Waals surface area contributed by atoms with Crippen LogP contribution >= 0.6 is 11.3 Å². The van der Waals surface area contributed by atoms with Crippen LogP contribution in [0.1, 0.15) is 46.2 Å². The van der Waals surface area contributed by atoms with Gasteiger partial charge in [-0.15, -0.1) is 11.3 Å². The van der Waals surface area contributed by atoms with Crippen molar-refractivity contribution in [2.24, 2.45) is 0 Å². The van der Waals surface area contributed by atoms with Crippen LogP contribution in [0.4, 0.5) is 5.69 Å². The summed E-state index contributed by atoms with van der Waals surface area (Å²) in [6, 6.07) is 17.3. The number of carbonyl (C=O) groups is 2. The molecule has 1 aliphatic rings. The fourth-order valence-electron chi connectivity index (χ4n) is 3.82. The molecule has 178 valence electrons. The Kier molecular flexibility index (Phi) is 7.45. The minimum Gasteiger partial charge on any atom is -0.462 e. The van der Waals surface area contributed by atoms with Gasteiger partial charge in [0.1, 0.15) is 4.88 Å². The molecule has 1 amide bonds. The molecular formula is C25H26N2O5S2. The maximum absolute atomic E-state index is 13.1. The van der Waals surface area contributed by atoms with Crippen molar-refractivity contribution in [2.45, 2.75) is 31.1 Å². The first-order valence-corrected chi connectivity index (χ1v) is 13.4. The summed E-state index contributed by atoms with van der Waals surface area (Å²) in [5.74, 6) is -1.02. The average molecular weight is 499 g/mol. The first-order valence-electron chi connectivity index (χ1n) is 11.2. The molecule has 0 atom stereocenters. The van der Waals surface area contributed by atoms with E-state index in [-0.39, 0.29) is 21.9 Å². The Balaban J connectivity index is 1.62. The molecule has 0 spiro atoms. The van der Waals surface area contributed by atoms with Gasteiger partial charge in [-0.05, 0) is 49.6 Å². The van der Waals surface area contributed by atoms with Crippen molar-refractivity contribution in [2.75, 3.05) is 25.0 Å². The van der Waals surface area contributed by atoms with Crippen molar-refractivity contribution in [1.82, 2.24) is 4.31 Å². The fourth-order valence-corrected chi connectivity index (χ4v) is 6.40. The summed E-state index contributed by atoms with van der Waals surface area (Å²) in [7, 11) is -3.67. The van der Waals surface area contributed by atoms with Crippen LogP contribution in [0.3, 0.4) is 0 Å². The summed E-state index contributed by atoms with van der Waals surface area (Å²) in [5.41, 5.74) is 1.44. The topological polar surface area (TPSA) is 92.8 Å². The van der Waals surface area contributed by atoms with Crippen molar-refractivity contribution < 1.29 is 22.7 Å². The van der Waals surface area contributed by atoms with Gasteiger partial charge in [0.2, 0.25) is 10.0 Å². The molecule has 34 heavy (non-hydrogen) atoms. The largest absolute Gasteiger partial charge is 0.462 e. The molecule has 0 radical (unpaired) electrons. The molecule has 1 saturated heterocycles. The van der Waals surface area contributed by atoms with Crippen molar-refractivity contribution >= 4 is 38.9 Å². The monoisotopic (exact) mass is 498 g/mol. The number of hydrogen-bond acceptors (Lipinski definition) is 6. The molecule has 1 aromatic heterocycles. The number of amides is 1. The van der Waals surface area contributed by atoms with Crippen molar-refractivity contribution in [1.29, 1.82) is 0 Å². The molecule has 0 aliphatic carbocycles.